The summed E-state index contributed by atoms with van der Waals surface area (Å²) in [6, 6.07) is 11.1. The van der Waals surface area contributed by atoms with Crippen LogP contribution in [0.25, 0.3) is 0 Å². The van der Waals surface area contributed by atoms with Gasteiger partial charge < -0.3 is 10.4 Å². The molecule has 0 spiro atoms. The lowest BCUT2D eigenvalue weighted by atomic mass is 10.00. The molecule has 1 atom stereocenters. The van der Waals surface area contributed by atoms with E-state index in [9.17, 15) is 4.79 Å². The Morgan fingerprint density at radius 3 is 2.50 bits per heavy atom. The van der Waals surface area contributed by atoms with Gasteiger partial charge in [-0.05, 0) is 24.8 Å². The van der Waals surface area contributed by atoms with Gasteiger partial charge in [-0.1, -0.05) is 44.2 Å². The summed E-state index contributed by atoms with van der Waals surface area (Å²) in [5, 5.41) is 12.2. The smallest absolute Gasteiger partial charge is 0.303 e. The molecular weight excluding hydrogens is 226 g/mol. The zero-order chi connectivity index (χ0) is 13.4. The molecule has 2 N–H and O–H groups in total. The predicted octanol–water partition coefficient (Wildman–Crippen LogP) is 2.85. The Balaban J connectivity index is 2.47. The van der Waals surface area contributed by atoms with Crippen molar-refractivity contribution >= 4 is 5.97 Å². The van der Waals surface area contributed by atoms with Gasteiger partial charge in [-0.15, -0.1) is 0 Å². The molecule has 3 nitrogen and oxygen atoms in total. The van der Waals surface area contributed by atoms with Crippen molar-refractivity contribution < 1.29 is 9.90 Å². The normalized spacial score (nSPS) is 12.6. The zero-order valence-electron chi connectivity index (χ0n) is 11.2. The van der Waals surface area contributed by atoms with E-state index in [1.54, 1.807) is 0 Å². The van der Waals surface area contributed by atoms with Gasteiger partial charge in [0.25, 0.3) is 0 Å². The van der Waals surface area contributed by atoms with Crippen LogP contribution < -0.4 is 5.32 Å². The van der Waals surface area contributed by atoms with Crippen molar-refractivity contribution in [2.24, 2.45) is 0 Å². The van der Waals surface area contributed by atoms with Gasteiger partial charge in [-0.25, -0.2) is 0 Å². The highest BCUT2D eigenvalue weighted by molar-refractivity contribution is 5.66. The Labute approximate surface area is 109 Å². The van der Waals surface area contributed by atoms with Crippen LogP contribution in [-0.2, 0) is 11.2 Å². The molecule has 0 aliphatic rings. The quantitative estimate of drug-likeness (QED) is 0.745. The van der Waals surface area contributed by atoms with Crippen LogP contribution in [0.2, 0.25) is 0 Å². The number of hydrogen-bond acceptors (Lipinski definition) is 2. The third-order valence-corrected chi connectivity index (χ3v) is 2.84. The molecule has 18 heavy (non-hydrogen) atoms. The monoisotopic (exact) mass is 249 g/mol. The first-order chi connectivity index (χ1) is 8.58. The van der Waals surface area contributed by atoms with Crippen molar-refractivity contribution in [3.05, 3.63) is 35.9 Å². The Kier molecular flexibility index (Phi) is 6.44. The molecule has 0 bridgehead atoms. The number of carboxylic acids is 1. The maximum Gasteiger partial charge on any atom is 0.303 e. The van der Waals surface area contributed by atoms with Crippen molar-refractivity contribution in [1.29, 1.82) is 0 Å². The number of carboxylic acid groups (broad SMARTS) is 1. The van der Waals surface area contributed by atoms with Crippen molar-refractivity contribution in [2.45, 2.75) is 51.6 Å². The molecule has 0 saturated heterocycles. The number of benzene rings is 1. The van der Waals surface area contributed by atoms with Gasteiger partial charge in [0, 0.05) is 18.5 Å². The third-order valence-electron chi connectivity index (χ3n) is 2.84. The fourth-order valence-electron chi connectivity index (χ4n) is 2.11. The van der Waals surface area contributed by atoms with E-state index in [-0.39, 0.29) is 6.42 Å². The zero-order valence-corrected chi connectivity index (χ0v) is 11.2. The molecule has 1 rings (SSSR count). The van der Waals surface area contributed by atoms with Crippen LogP contribution in [0.4, 0.5) is 0 Å². The van der Waals surface area contributed by atoms with E-state index in [1.807, 2.05) is 18.2 Å². The van der Waals surface area contributed by atoms with Crippen LogP contribution in [0.5, 0.6) is 0 Å². The minimum atomic E-state index is -0.710. The maximum absolute atomic E-state index is 10.5. The maximum atomic E-state index is 10.5. The molecule has 1 unspecified atom stereocenters. The SMILES string of the molecule is CC(C)NC(CCCC(=O)O)Cc1ccccc1. The highest BCUT2D eigenvalue weighted by Gasteiger charge is 2.11. The fraction of sp³-hybridized carbons (Fsp3) is 0.533. The first kappa shape index (κ1) is 14.7. The number of hydrogen-bond donors (Lipinski definition) is 2. The lowest BCUT2D eigenvalue weighted by Gasteiger charge is -2.21. The van der Waals surface area contributed by atoms with Gasteiger partial charge in [-0.3, -0.25) is 4.79 Å². The van der Waals surface area contributed by atoms with E-state index in [4.69, 9.17) is 5.11 Å². The molecular formula is C15H23NO2. The van der Waals surface area contributed by atoms with Crippen LogP contribution in [0.15, 0.2) is 30.3 Å². The van der Waals surface area contributed by atoms with Crippen LogP contribution in [0.1, 0.15) is 38.7 Å². The van der Waals surface area contributed by atoms with Crippen molar-refractivity contribution in [3.8, 4) is 0 Å². The molecule has 0 heterocycles. The van der Waals surface area contributed by atoms with Crippen LogP contribution in [0, 0.1) is 0 Å². The van der Waals surface area contributed by atoms with E-state index >= 15 is 0 Å². The Morgan fingerprint density at radius 1 is 1.28 bits per heavy atom. The minimum Gasteiger partial charge on any atom is -0.481 e. The van der Waals surface area contributed by atoms with Crippen LogP contribution in [-0.4, -0.2) is 23.2 Å². The van der Waals surface area contributed by atoms with Gasteiger partial charge in [0.15, 0.2) is 0 Å². The average molecular weight is 249 g/mol. The lowest BCUT2D eigenvalue weighted by molar-refractivity contribution is -0.137. The predicted molar refractivity (Wildman–Crippen MR) is 73.7 cm³/mol. The second-order valence-electron chi connectivity index (χ2n) is 4.99. The summed E-state index contributed by atoms with van der Waals surface area (Å²) in [5.74, 6) is -0.710. The summed E-state index contributed by atoms with van der Waals surface area (Å²) in [5.41, 5.74) is 1.30. The number of aliphatic carboxylic acids is 1. The second kappa shape index (κ2) is 7.88. The summed E-state index contributed by atoms with van der Waals surface area (Å²) in [4.78, 5) is 10.5. The number of carbonyl (C=O) groups is 1. The van der Waals surface area contributed by atoms with Crippen LogP contribution >= 0.6 is 0 Å². The third kappa shape index (κ3) is 6.40. The molecule has 100 valence electrons. The van der Waals surface area contributed by atoms with Gasteiger partial charge in [0.1, 0.15) is 0 Å². The molecule has 1 aromatic carbocycles. The molecule has 0 aliphatic heterocycles. The summed E-state index contributed by atoms with van der Waals surface area (Å²) >= 11 is 0. The molecule has 0 aliphatic carbocycles. The molecule has 1 aromatic rings. The summed E-state index contributed by atoms with van der Waals surface area (Å²) in [7, 11) is 0. The highest BCUT2D eigenvalue weighted by Crippen LogP contribution is 2.10. The summed E-state index contributed by atoms with van der Waals surface area (Å²) < 4.78 is 0. The van der Waals surface area contributed by atoms with Gasteiger partial charge in [0.05, 0.1) is 0 Å². The Morgan fingerprint density at radius 2 is 1.94 bits per heavy atom. The lowest BCUT2D eigenvalue weighted by Crippen LogP contribution is -2.36. The number of rotatable bonds is 8. The minimum absolute atomic E-state index is 0.255. The van der Waals surface area contributed by atoms with Crippen molar-refractivity contribution in [1.82, 2.24) is 5.32 Å². The average Bonchev–Trinajstić information content (AvgIpc) is 2.28. The molecule has 0 fully saturated rings. The molecule has 0 radical (unpaired) electrons. The van der Waals surface area contributed by atoms with E-state index in [2.05, 4.69) is 31.3 Å². The second-order valence-corrected chi connectivity index (χ2v) is 4.99. The van der Waals surface area contributed by atoms with E-state index in [0.29, 0.717) is 12.1 Å². The summed E-state index contributed by atoms with van der Waals surface area (Å²) in [6.07, 6.45) is 2.84. The standard InChI is InChI=1S/C15H23NO2/c1-12(2)16-14(9-6-10-15(17)18)11-13-7-4-3-5-8-13/h3-5,7-8,12,14,16H,6,9-11H2,1-2H3,(H,17,18). The first-order valence-electron chi connectivity index (χ1n) is 6.59. The van der Waals surface area contributed by atoms with Gasteiger partial charge >= 0.3 is 5.97 Å². The largest absolute Gasteiger partial charge is 0.481 e. The van der Waals surface area contributed by atoms with E-state index in [0.717, 1.165) is 19.3 Å². The molecule has 3 heteroatoms. The Hall–Kier alpha value is -1.35. The van der Waals surface area contributed by atoms with Crippen molar-refractivity contribution in [3.63, 3.8) is 0 Å². The van der Waals surface area contributed by atoms with Crippen molar-refractivity contribution in [2.75, 3.05) is 0 Å². The Bertz CT molecular complexity index is 349. The molecule has 0 saturated carbocycles. The molecule has 0 aromatic heterocycles. The fourth-order valence-corrected chi connectivity index (χ4v) is 2.11. The van der Waals surface area contributed by atoms with E-state index in [1.165, 1.54) is 5.56 Å². The first-order valence-corrected chi connectivity index (χ1v) is 6.59. The molecule has 0 amide bonds. The van der Waals surface area contributed by atoms with E-state index < -0.39 is 5.97 Å². The number of nitrogens with one attached hydrogen (secondary N) is 1. The topological polar surface area (TPSA) is 49.3 Å². The van der Waals surface area contributed by atoms with Gasteiger partial charge in [0.2, 0.25) is 0 Å². The van der Waals surface area contributed by atoms with Crippen LogP contribution in [0.3, 0.4) is 0 Å². The van der Waals surface area contributed by atoms with Gasteiger partial charge in [-0.2, -0.15) is 0 Å². The highest BCUT2D eigenvalue weighted by atomic mass is 16.4. The summed E-state index contributed by atoms with van der Waals surface area (Å²) in [6.45, 7) is 4.24.